The fourth-order valence-corrected chi connectivity index (χ4v) is 3.95. The zero-order valence-electron chi connectivity index (χ0n) is 14.6. The molecule has 0 bridgehead atoms. The van der Waals surface area contributed by atoms with E-state index >= 15 is 0 Å². The van der Waals surface area contributed by atoms with Crippen molar-refractivity contribution in [3.05, 3.63) is 59.4 Å². The van der Waals surface area contributed by atoms with Crippen LogP contribution in [0.5, 0.6) is 0 Å². The van der Waals surface area contributed by atoms with Crippen molar-refractivity contribution in [2.45, 2.75) is 51.1 Å². The van der Waals surface area contributed by atoms with Gasteiger partial charge in [0, 0.05) is 31.0 Å². The first-order valence-corrected chi connectivity index (χ1v) is 9.38. The minimum Gasteiger partial charge on any atom is -0.382 e. The second kappa shape index (κ2) is 7.26. The van der Waals surface area contributed by atoms with Crippen molar-refractivity contribution >= 4 is 11.6 Å². The molecule has 1 aromatic carbocycles. The third-order valence-electron chi connectivity index (χ3n) is 5.37. The lowest BCUT2D eigenvalue weighted by Crippen LogP contribution is -2.36. The summed E-state index contributed by atoms with van der Waals surface area (Å²) in [7, 11) is 0. The fourth-order valence-electron chi connectivity index (χ4n) is 3.95. The second-order valence-electron chi connectivity index (χ2n) is 7.15. The molecule has 0 radical (unpaired) electrons. The molecule has 1 aliphatic heterocycles. The van der Waals surface area contributed by atoms with Crippen LogP contribution in [0.25, 0.3) is 0 Å². The van der Waals surface area contributed by atoms with E-state index in [1.807, 2.05) is 23.1 Å². The number of nitrogens with one attached hydrogen (secondary N) is 1. The highest BCUT2D eigenvalue weighted by Crippen LogP contribution is 2.23. The molecule has 1 amide bonds. The zero-order chi connectivity index (χ0) is 17.1. The van der Waals surface area contributed by atoms with E-state index < -0.39 is 0 Å². The molecule has 0 saturated heterocycles. The van der Waals surface area contributed by atoms with Gasteiger partial charge in [0.1, 0.15) is 5.69 Å². The number of nitrogens with zero attached hydrogens (tertiary/aromatic N) is 2. The Labute approximate surface area is 149 Å². The summed E-state index contributed by atoms with van der Waals surface area (Å²) in [5.74, 6) is 0.0294. The molecular formula is C21H25N3O. The van der Waals surface area contributed by atoms with Crippen LogP contribution in [0.2, 0.25) is 0 Å². The second-order valence-corrected chi connectivity index (χ2v) is 7.15. The summed E-state index contributed by atoms with van der Waals surface area (Å²) in [6, 6.07) is 12.8. The largest absolute Gasteiger partial charge is 0.382 e. The van der Waals surface area contributed by atoms with Gasteiger partial charge in [-0.15, -0.1) is 0 Å². The van der Waals surface area contributed by atoms with Crippen molar-refractivity contribution in [1.29, 1.82) is 0 Å². The first-order chi connectivity index (χ1) is 12.3. The summed E-state index contributed by atoms with van der Waals surface area (Å²) in [5.41, 5.74) is 4.16. The number of anilines is 1. The van der Waals surface area contributed by atoms with Gasteiger partial charge in [0.25, 0.3) is 5.91 Å². The normalized spacial score (nSPS) is 17.8. The molecule has 0 unspecified atom stereocenters. The van der Waals surface area contributed by atoms with E-state index in [0.29, 0.717) is 18.3 Å². The van der Waals surface area contributed by atoms with Gasteiger partial charge in [-0.2, -0.15) is 0 Å². The molecule has 4 rings (SSSR count). The van der Waals surface area contributed by atoms with Gasteiger partial charge in [-0.3, -0.25) is 9.78 Å². The number of rotatable bonds is 3. The topological polar surface area (TPSA) is 45.2 Å². The maximum absolute atomic E-state index is 12.9. The van der Waals surface area contributed by atoms with Gasteiger partial charge in [0.05, 0.1) is 0 Å². The molecular weight excluding hydrogens is 310 g/mol. The lowest BCUT2D eigenvalue weighted by Gasteiger charge is -2.29. The molecule has 1 fully saturated rings. The van der Waals surface area contributed by atoms with Crippen LogP contribution in [0.3, 0.4) is 0 Å². The molecule has 0 spiro atoms. The molecule has 1 aliphatic carbocycles. The van der Waals surface area contributed by atoms with Gasteiger partial charge in [-0.1, -0.05) is 43.5 Å². The van der Waals surface area contributed by atoms with Crippen LogP contribution in [0.4, 0.5) is 5.69 Å². The predicted octanol–water partition coefficient (Wildman–Crippen LogP) is 4.02. The number of benzene rings is 1. The van der Waals surface area contributed by atoms with Gasteiger partial charge in [0.15, 0.2) is 0 Å². The van der Waals surface area contributed by atoms with E-state index in [-0.39, 0.29) is 5.91 Å². The Morgan fingerprint density at radius 1 is 1.08 bits per heavy atom. The van der Waals surface area contributed by atoms with Crippen LogP contribution in [-0.4, -0.2) is 28.4 Å². The van der Waals surface area contributed by atoms with Crippen LogP contribution in [0, 0.1) is 0 Å². The van der Waals surface area contributed by atoms with E-state index in [0.717, 1.165) is 18.7 Å². The Morgan fingerprint density at radius 3 is 2.72 bits per heavy atom. The average molecular weight is 335 g/mol. The number of carbonyl (C=O) groups excluding carboxylic acids is 1. The van der Waals surface area contributed by atoms with Gasteiger partial charge in [-0.25, -0.2) is 0 Å². The summed E-state index contributed by atoms with van der Waals surface area (Å²) in [6.45, 7) is 1.44. The third-order valence-corrected chi connectivity index (χ3v) is 5.37. The highest BCUT2D eigenvalue weighted by Gasteiger charge is 2.23. The Balaban J connectivity index is 1.46. The molecule has 2 aromatic rings. The Hall–Kier alpha value is -2.36. The minimum atomic E-state index is 0.0294. The van der Waals surface area contributed by atoms with E-state index in [1.54, 1.807) is 6.20 Å². The van der Waals surface area contributed by atoms with Crippen LogP contribution in [-0.2, 0) is 13.0 Å². The number of aromatic nitrogens is 1. The summed E-state index contributed by atoms with van der Waals surface area (Å²) in [4.78, 5) is 19.1. The molecule has 1 N–H and O–H groups in total. The van der Waals surface area contributed by atoms with Crippen LogP contribution >= 0.6 is 0 Å². The SMILES string of the molecule is O=C(c1cc(NC2CCCCC2)ccn1)N1CCc2ccccc2C1. The molecule has 1 saturated carbocycles. The molecule has 130 valence electrons. The number of amides is 1. The van der Waals surface area contributed by atoms with Crippen LogP contribution in [0.1, 0.15) is 53.7 Å². The summed E-state index contributed by atoms with van der Waals surface area (Å²) >= 11 is 0. The predicted molar refractivity (Wildman–Crippen MR) is 99.6 cm³/mol. The molecule has 4 heteroatoms. The Kier molecular flexibility index (Phi) is 4.68. The van der Waals surface area contributed by atoms with Crippen molar-refractivity contribution < 1.29 is 4.79 Å². The Morgan fingerprint density at radius 2 is 1.88 bits per heavy atom. The van der Waals surface area contributed by atoms with E-state index in [4.69, 9.17) is 0 Å². The minimum absolute atomic E-state index is 0.0294. The highest BCUT2D eigenvalue weighted by molar-refractivity contribution is 5.93. The highest BCUT2D eigenvalue weighted by atomic mass is 16.2. The summed E-state index contributed by atoms with van der Waals surface area (Å²) in [5, 5.41) is 3.58. The maximum atomic E-state index is 12.9. The lowest BCUT2D eigenvalue weighted by molar-refractivity contribution is 0.0729. The number of pyridine rings is 1. The molecule has 2 aliphatic rings. The number of carbonyl (C=O) groups is 1. The van der Waals surface area contributed by atoms with Crippen molar-refractivity contribution in [2.75, 3.05) is 11.9 Å². The molecule has 1 aromatic heterocycles. The maximum Gasteiger partial charge on any atom is 0.272 e. The van der Waals surface area contributed by atoms with Gasteiger partial charge in [-0.05, 0) is 42.5 Å². The molecule has 2 heterocycles. The van der Waals surface area contributed by atoms with Gasteiger partial charge >= 0.3 is 0 Å². The summed E-state index contributed by atoms with van der Waals surface area (Å²) < 4.78 is 0. The number of hydrogen-bond acceptors (Lipinski definition) is 3. The van der Waals surface area contributed by atoms with Crippen molar-refractivity contribution in [1.82, 2.24) is 9.88 Å². The van der Waals surface area contributed by atoms with Gasteiger partial charge < -0.3 is 10.2 Å². The monoisotopic (exact) mass is 335 g/mol. The first-order valence-electron chi connectivity index (χ1n) is 9.38. The van der Waals surface area contributed by atoms with Crippen molar-refractivity contribution in [2.24, 2.45) is 0 Å². The molecule has 4 nitrogen and oxygen atoms in total. The van der Waals surface area contributed by atoms with Crippen molar-refractivity contribution in [3.63, 3.8) is 0 Å². The molecule has 0 atom stereocenters. The first kappa shape index (κ1) is 16.1. The fraction of sp³-hybridized carbons (Fsp3) is 0.429. The van der Waals surface area contributed by atoms with Crippen LogP contribution < -0.4 is 5.32 Å². The number of fused-ring (bicyclic) bond motifs is 1. The third kappa shape index (κ3) is 3.68. The summed E-state index contributed by atoms with van der Waals surface area (Å²) in [6.07, 6.45) is 9.03. The van der Waals surface area contributed by atoms with E-state index in [2.05, 4.69) is 28.5 Å². The lowest BCUT2D eigenvalue weighted by atomic mass is 9.95. The Bertz CT molecular complexity index is 752. The van der Waals surface area contributed by atoms with Crippen LogP contribution in [0.15, 0.2) is 42.6 Å². The quantitative estimate of drug-likeness (QED) is 0.921. The smallest absolute Gasteiger partial charge is 0.272 e. The standard InChI is InChI=1S/C21H25N3O/c25-21(24-13-11-16-6-4-5-7-17(16)15-24)20-14-19(10-12-22-20)23-18-8-2-1-3-9-18/h4-7,10,12,14,18H,1-3,8-9,11,13,15H2,(H,22,23). The van der Waals surface area contributed by atoms with E-state index in [9.17, 15) is 4.79 Å². The number of hydrogen-bond donors (Lipinski definition) is 1. The zero-order valence-corrected chi connectivity index (χ0v) is 14.6. The van der Waals surface area contributed by atoms with E-state index in [1.165, 1.54) is 43.2 Å². The van der Waals surface area contributed by atoms with Crippen molar-refractivity contribution in [3.8, 4) is 0 Å². The average Bonchev–Trinajstić information content (AvgIpc) is 2.68. The molecule has 25 heavy (non-hydrogen) atoms. The van der Waals surface area contributed by atoms with Gasteiger partial charge in [0.2, 0.25) is 0 Å².